The van der Waals surface area contributed by atoms with E-state index in [1.54, 1.807) is 0 Å². The molecule has 1 heterocycles. The van der Waals surface area contributed by atoms with Crippen molar-refractivity contribution in [1.29, 1.82) is 0 Å². The Morgan fingerprint density at radius 1 is 1.60 bits per heavy atom. The minimum Gasteiger partial charge on any atom is -0.385 e. The Kier molecular flexibility index (Phi) is 3.57. The third-order valence-electron chi connectivity index (χ3n) is 1.76. The smallest absolute Gasteiger partial charge is 0.249 e. The summed E-state index contributed by atoms with van der Waals surface area (Å²) in [5, 5.41) is 18.5. The van der Waals surface area contributed by atoms with E-state index in [4.69, 9.17) is 22.4 Å². The molecule has 1 aromatic rings. The second-order valence-electron chi connectivity index (χ2n) is 2.82. The van der Waals surface area contributed by atoms with E-state index in [-0.39, 0.29) is 10.6 Å². The van der Waals surface area contributed by atoms with Crippen LogP contribution in [0.1, 0.15) is 11.7 Å². The van der Waals surface area contributed by atoms with Gasteiger partial charge in [0.25, 0.3) is 0 Å². The molecular formula is C8H8ClFN2O3. The van der Waals surface area contributed by atoms with Crippen LogP contribution >= 0.6 is 11.6 Å². The van der Waals surface area contributed by atoms with Gasteiger partial charge in [-0.1, -0.05) is 11.6 Å². The van der Waals surface area contributed by atoms with E-state index in [0.717, 1.165) is 12.3 Å². The van der Waals surface area contributed by atoms with Crippen molar-refractivity contribution in [3.8, 4) is 0 Å². The van der Waals surface area contributed by atoms with E-state index in [2.05, 4.69) is 4.98 Å². The van der Waals surface area contributed by atoms with Gasteiger partial charge in [-0.05, 0) is 0 Å². The van der Waals surface area contributed by atoms with Crippen LogP contribution in [0.2, 0.25) is 5.02 Å². The largest absolute Gasteiger partial charge is 0.385 e. The molecule has 82 valence electrons. The van der Waals surface area contributed by atoms with Gasteiger partial charge >= 0.3 is 0 Å². The molecule has 1 aromatic heterocycles. The van der Waals surface area contributed by atoms with Crippen LogP contribution < -0.4 is 5.73 Å². The summed E-state index contributed by atoms with van der Waals surface area (Å²) in [5.41, 5.74) is 4.62. The van der Waals surface area contributed by atoms with E-state index in [0.29, 0.717) is 0 Å². The van der Waals surface area contributed by atoms with Gasteiger partial charge < -0.3 is 15.9 Å². The van der Waals surface area contributed by atoms with E-state index in [9.17, 15) is 14.3 Å². The fraction of sp³-hybridized carbons (Fsp3) is 0.250. The molecule has 0 aliphatic rings. The highest BCUT2D eigenvalue weighted by atomic mass is 35.5. The predicted molar refractivity (Wildman–Crippen MR) is 49.4 cm³/mol. The molecule has 0 saturated carbocycles. The molecule has 0 radical (unpaired) electrons. The van der Waals surface area contributed by atoms with Gasteiger partial charge in [-0.25, -0.2) is 4.98 Å². The van der Waals surface area contributed by atoms with Gasteiger partial charge in [-0.2, -0.15) is 4.39 Å². The highest BCUT2D eigenvalue weighted by Gasteiger charge is 2.25. The Hall–Kier alpha value is -1.24. The number of aliphatic hydroxyl groups is 2. The molecule has 0 fully saturated rings. The molecule has 1 rings (SSSR count). The Balaban J connectivity index is 3.04. The molecule has 0 aliphatic carbocycles. The highest BCUT2D eigenvalue weighted by Crippen LogP contribution is 2.24. The maximum Gasteiger partial charge on any atom is 0.249 e. The van der Waals surface area contributed by atoms with Crippen molar-refractivity contribution >= 4 is 17.5 Å². The summed E-state index contributed by atoms with van der Waals surface area (Å²) >= 11 is 5.59. The first-order valence-corrected chi connectivity index (χ1v) is 4.27. The number of rotatable bonds is 3. The van der Waals surface area contributed by atoms with Crippen molar-refractivity contribution in [2.45, 2.75) is 12.2 Å². The zero-order valence-corrected chi connectivity index (χ0v) is 8.15. The van der Waals surface area contributed by atoms with Gasteiger partial charge in [0, 0.05) is 17.8 Å². The normalized spacial score (nSPS) is 14.7. The molecule has 0 spiro atoms. The van der Waals surface area contributed by atoms with Crippen molar-refractivity contribution in [1.82, 2.24) is 4.98 Å². The number of primary amides is 1. The van der Waals surface area contributed by atoms with Crippen LogP contribution in [0.5, 0.6) is 0 Å². The zero-order valence-electron chi connectivity index (χ0n) is 7.39. The molecule has 15 heavy (non-hydrogen) atoms. The highest BCUT2D eigenvalue weighted by molar-refractivity contribution is 6.31. The lowest BCUT2D eigenvalue weighted by atomic mass is 10.1. The minimum atomic E-state index is -1.84. The average molecular weight is 235 g/mol. The van der Waals surface area contributed by atoms with Crippen molar-refractivity contribution in [3.05, 3.63) is 28.8 Å². The van der Waals surface area contributed by atoms with Crippen molar-refractivity contribution < 1.29 is 19.4 Å². The number of aliphatic hydroxyl groups excluding tert-OH is 2. The summed E-state index contributed by atoms with van der Waals surface area (Å²) in [6.07, 6.45) is -2.56. The first kappa shape index (κ1) is 11.8. The van der Waals surface area contributed by atoms with Crippen molar-refractivity contribution in [3.63, 3.8) is 0 Å². The summed E-state index contributed by atoms with van der Waals surface area (Å²) in [6.45, 7) is 0. The van der Waals surface area contributed by atoms with Crippen molar-refractivity contribution in [2.75, 3.05) is 0 Å². The zero-order chi connectivity index (χ0) is 11.6. The minimum absolute atomic E-state index is 0.0656. The number of hydrogen-bond donors (Lipinski definition) is 3. The summed E-state index contributed by atoms with van der Waals surface area (Å²) < 4.78 is 12.7. The average Bonchev–Trinajstić information content (AvgIpc) is 2.19. The number of carbonyl (C=O) groups excluding carboxylic acids is 1. The van der Waals surface area contributed by atoms with Crippen LogP contribution in [0.15, 0.2) is 12.3 Å². The number of amides is 1. The molecule has 0 aliphatic heterocycles. The Bertz CT molecular complexity index is 388. The summed E-state index contributed by atoms with van der Waals surface area (Å²) in [6, 6.07) is 0.819. The fourth-order valence-corrected chi connectivity index (χ4v) is 1.19. The molecule has 2 atom stereocenters. The van der Waals surface area contributed by atoms with Crippen LogP contribution in [0, 0.1) is 5.95 Å². The Morgan fingerprint density at radius 2 is 2.20 bits per heavy atom. The lowest BCUT2D eigenvalue weighted by Gasteiger charge is -2.15. The lowest BCUT2D eigenvalue weighted by Crippen LogP contribution is -2.34. The molecule has 0 saturated heterocycles. The van der Waals surface area contributed by atoms with E-state index < -0.39 is 24.1 Å². The topological polar surface area (TPSA) is 96.4 Å². The van der Waals surface area contributed by atoms with E-state index in [1.165, 1.54) is 0 Å². The van der Waals surface area contributed by atoms with Gasteiger partial charge in [0.05, 0.1) is 5.02 Å². The van der Waals surface area contributed by atoms with E-state index in [1.807, 2.05) is 0 Å². The standard InChI is InChI=1S/C8H8ClFN2O3/c9-4-2-12-5(10)1-3(4)6(13)7(14)8(11)15/h1-2,6-7,13-14H,(H2,11,15). The third-order valence-corrected chi connectivity index (χ3v) is 2.08. The molecule has 5 nitrogen and oxygen atoms in total. The maximum absolute atomic E-state index is 12.7. The Morgan fingerprint density at radius 3 is 2.73 bits per heavy atom. The number of aromatic nitrogens is 1. The molecule has 7 heteroatoms. The SMILES string of the molecule is NC(=O)C(O)C(O)c1cc(F)ncc1Cl. The maximum atomic E-state index is 12.7. The number of carbonyl (C=O) groups is 1. The molecule has 1 amide bonds. The lowest BCUT2D eigenvalue weighted by molar-refractivity contribution is -0.131. The van der Waals surface area contributed by atoms with Crippen LogP contribution in [0.3, 0.4) is 0 Å². The number of halogens is 2. The number of nitrogens with two attached hydrogens (primary N) is 1. The second kappa shape index (κ2) is 4.52. The van der Waals surface area contributed by atoms with Gasteiger partial charge in [-0.3, -0.25) is 4.79 Å². The Labute approximate surface area is 89.3 Å². The fourth-order valence-electron chi connectivity index (χ4n) is 0.980. The van der Waals surface area contributed by atoms with Crippen LogP contribution in [-0.4, -0.2) is 27.2 Å². The predicted octanol–water partition coefficient (Wildman–Crippen LogP) is -0.246. The first-order chi connectivity index (χ1) is 6.93. The molecule has 2 unspecified atom stereocenters. The quantitative estimate of drug-likeness (QED) is 0.629. The van der Waals surface area contributed by atoms with Crippen molar-refractivity contribution in [2.24, 2.45) is 5.73 Å². The van der Waals surface area contributed by atoms with Gasteiger partial charge in [-0.15, -0.1) is 0 Å². The number of hydrogen-bond acceptors (Lipinski definition) is 4. The number of pyridine rings is 1. The van der Waals surface area contributed by atoms with Crippen LogP contribution in [-0.2, 0) is 4.79 Å². The molecule has 0 bridgehead atoms. The summed E-state index contributed by atoms with van der Waals surface area (Å²) in [4.78, 5) is 13.8. The van der Waals surface area contributed by atoms with Gasteiger partial charge in [0.1, 0.15) is 6.10 Å². The number of nitrogens with zero attached hydrogens (tertiary/aromatic N) is 1. The first-order valence-electron chi connectivity index (χ1n) is 3.90. The van der Waals surface area contributed by atoms with Gasteiger partial charge in [0.15, 0.2) is 6.10 Å². The molecule has 0 aromatic carbocycles. The second-order valence-corrected chi connectivity index (χ2v) is 3.23. The van der Waals surface area contributed by atoms with Crippen LogP contribution in [0.25, 0.3) is 0 Å². The van der Waals surface area contributed by atoms with Crippen LogP contribution in [0.4, 0.5) is 4.39 Å². The monoisotopic (exact) mass is 234 g/mol. The molecule has 4 N–H and O–H groups in total. The third kappa shape index (κ3) is 2.62. The van der Waals surface area contributed by atoms with E-state index >= 15 is 0 Å². The summed E-state index contributed by atoms with van der Waals surface area (Å²) in [5.74, 6) is -2.01. The van der Waals surface area contributed by atoms with Gasteiger partial charge in [0.2, 0.25) is 11.9 Å². The molecular weight excluding hydrogens is 227 g/mol. The summed E-state index contributed by atoms with van der Waals surface area (Å²) in [7, 11) is 0.